The van der Waals surface area contributed by atoms with Crippen LogP contribution in [0.2, 0.25) is 0 Å². The Hall–Kier alpha value is -1.47. The topological polar surface area (TPSA) is 75.1 Å². The lowest BCUT2D eigenvalue weighted by atomic mass is 10.1. The van der Waals surface area contributed by atoms with Gasteiger partial charge >= 0.3 is 0 Å². The third-order valence-corrected chi connectivity index (χ3v) is 5.31. The van der Waals surface area contributed by atoms with Crippen LogP contribution in [0.5, 0.6) is 0 Å². The molecule has 1 amide bonds. The van der Waals surface area contributed by atoms with Crippen molar-refractivity contribution in [1.82, 2.24) is 30.5 Å². The largest absolute Gasteiger partial charge is 0.351 e. The van der Waals surface area contributed by atoms with Gasteiger partial charge in [-0.1, -0.05) is 18.1 Å². The standard InChI is InChI=1S/C18H32N6O/c25-18(17-15-24(22-21-17)16-7-10-19-11-8-16)20-9-3-1-4-12-23-13-5-2-6-14-23/h15-16,19H,1-14H2,(H,20,25). The third-order valence-electron chi connectivity index (χ3n) is 5.31. The Kier molecular flexibility index (Phi) is 7.23. The van der Waals surface area contributed by atoms with Gasteiger partial charge in [-0.25, -0.2) is 4.68 Å². The summed E-state index contributed by atoms with van der Waals surface area (Å²) in [5.41, 5.74) is 0.437. The summed E-state index contributed by atoms with van der Waals surface area (Å²) < 4.78 is 1.86. The summed E-state index contributed by atoms with van der Waals surface area (Å²) in [5.74, 6) is -0.101. The van der Waals surface area contributed by atoms with Crippen LogP contribution in [0, 0.1) is 0 Å². The number of hydrogen-bond donors (Lipinski definition) is 2. The number of amides is 1. The molecule has 140 valence electrons. The molecule has 0 spiro atoms. The molecule has 1 aromatic rings. The summed E-state index contributed by atoms with van der Waals surface area (Å²) >= 11 is 0. The zero-order valence-electron chi connectivity index (χ0n) is 15.3. The summed E-state index contributed by atoms with van der Waals surface area (Å²) in [5, 5.41) is 14.5. The van der Waals surface area contributed by atoms with Crippen LogP contribution in [0.4, 0.5) is 0 Å². The van der Waals surface area contributed by atoms with Crippen molar-refractivity contribution in [2.75, 3.05) is 39.3 Å². The van der Waals surface area contributed by atoms with Gasteiger partial charge in [0.15, 0.2) is 5.69 Å². The molecule has 0 radical (unpaired) electrons. The smallest absolute Gasteiger partial charge is 0.273 e. The number of nitrogens with zero attached hydrogens (tertiary/aromatic N) is 4. The molecule has 3 rings (SSSR count). The summed E-state index contributed by atoms with van der Waals surface area (Å²) in [7, 11) is 0. The predicted octanol–water partition coefficient (Wildman–Crippen LogP) is 1.59. The number of likely N-dealkylation sites (tertiary alicyclic amines) is 1. The molecule has 2 N–H and O–H groups in total. The molecule has 1 aromatic heterocycles. The average Bonchev–Trinajstić information content (AvgIpc) is 3.16. The van der Waals surface area contributed by atoms with E-state index in [9.17, 15) is 4.79 Å². The summed E-state index contributed by atoms with van der Waals surface area (Å²) in [6, 6.07) is 0.366. The van der Waals surface area contributed by atoms with Crippen LogP contribution in [0.25, 0.3) is 0 Å². The first kappa shape index (κ1) is 18.3. The second kappa shape index (κ2) is 9.87. The van der Waals surface area contributed by atoms with Crippen molar-refractivity contribution < 1.29 is 4.79 Å². The molecule has 7 heteroatoms. The van der Waals surface area contributed by atoms with E-state index in [-0.39, 0.29) is 5.91 Å². The van der Waals surface area contributed by atoms with Gasteiger partial charge in [0.25, 0.3) is 5.91 Å². The first-order valence-electron chi connectivity index (χ1n) is 9.96. The Bertz CT molecular complexity index is 519. The minimum absolute atomic E-state index is 0.101. The lowest BCUT2D eigenvalue weighted by Crippen LogP contribution is -2.30. The summed E-state index contributed by atoms with van der Waals surface area (Å²) in [6.07, 6.45) is 11.4. The van der Waals surface area contributed by atoms with E-state index >= 15 is 0 Å². The molecule has 25 heavy (non-hydrogen) atoms. The molecular weight excluding hydrogens is 316 g/mol. The van der Waals surface area contributed by atoms with Gasteiger partial charge in [0.05, 0.1) is 12.2 Å². The van der Waals surface area contributed by atoms with E-state index in [4.69, 9.17) is 0 Å². The van der Waals surface area contributed by atoms with E-state index in [1.54, 1.807) is 6.20 Å². The molecule has 0 bridgehead atoms. The highest BCUT2D eigenvalue weighted by atomic mass is 16.2. The Balaban J connectivity index is 1.29. The normalized spacial score (nSPS) is 19.8. The summed E-state index contributed by atoms with van der Waals surface area (Å²) in [6.45, 7) is 6.47. The van der Waals surface area contributed by atoms with Crippen molar-refractivity contribution in [1.29, 1.82) is 0 Å². The van der Waals surface area contributed by atoms with Gasteiger partial charge in [-0.15, -0.1) is 5.10 Å². The maximum atomic E-state index is 12.2. The van der Waals surface area contributed by atoms with Crippen LogP contribution in [0.1, 0.15) is 67.9 Å². The summed E-state index contributed by atoms with van der Waals surface area (Å²) in [4.78, 5) is 14.7. The fourth-order valence-electron chi connectivity index (χ4n) is 3.74. The first-order chi connectivity index (χ1) is 12.3. The Morgan fingerprint density at radius 1 is 1.16 bits per heavy atom. The van der Waals surface area contributed by atoms with Crippen molar-refractivity contribution in [3.8, 4) is 0 Å². The fourth-order valence-corrected chi connectivity index (χ4v) is 3.74. The molecule has 7 nitrogen and oxygen atoms in total. The zero-order chi connectivity index (χ0) is 17.3. The number of unbranched alkanes of at least 4 members (excludes halogenated alkanes) is 2. The Morgan fingerprint density at radius 3 is 2.76 bits per heavy atom. The minimum atomic E-state index is -0.101. The van der Waals surface area contributed by atoms with Crippen molar-refractivity contribution in [2.24, 2.45) is 0 Å². The maximum Gasteiger partial charge on any atom is 0.273 e. The van der Waals surface area contributed by atoms with Crippen molar-refractivity contribution >= 4 is 5.91 Å². The molecule has 0 atom stereocenters. The highest BCUT2D eigenvalue weighted by molar-refractivity contribution is 5.91. The van der Waals surface area contributed by atoms with E-state index in [1.165, 1.54) is 51.7 Å². The zero-order valence-corrected chi connectivity index (χ0v) is 15.3. The average molecular weight is 348 g/mol. The second-order valence-electron chi connectivity index (χ2n) is 7.28. The van der Waals surface area contributed by atoms with Gasteiger partial charge in [-0.2, -0.15) is 0 Å². The van der Waals surface area contributed by atoms with Crippen LogP contribution in [-0.4, -0.2) is 65.1 Å². The number of piperidine rings is 2. The van der Waals surface area contributed by atoms with Gasteiger partial charge in [-0.05, 0) is 71.2 Å². The number of carbonyl (C=O) groups is 1. The van der Waals surface area contributed by atoms with E-state index in [1.807, 2.05) is 4.68 Å². The Labute approximate surface area is 150 Å². The fraction of sp³-hybridized carbons (Fsp3) is 0.833. The molecule has 3 heterocycles. The molecule has 2 aliphatic heterocycles. The molecular formula is C18H32N6O. The van der Waals surface area contributed by atoms with Gasteiger partial charge in [0.1, 0.15) is 0 Å². The maximum absolute atomic E-state index is 12.2. The molecule has 0 aliphatic carbocycles. The van der Waals surface area contributed by atoms with Crippen LogP contribution in [0.15, 0.2) is 6.20 Å². The lowest BCUT2D eigenvalue weighted by Gasteiger charge is -2.26. The number of rotatable bonds is 8. The van der Waals surface area contributed by atoms with Gasteiger partial charge < -0.3 is 15.5 Å². The van der Waals surface area contributed by atoms with Crippen molar-refractivity contribution in [3.05, 3.63) is 11.9 Å². The highest BCUT2D eigenvalue weighted by Gasteiger charge is 2.18. The Morgan fingerprint density at radius 2 is 1.96 bits per heavy atom. The molecule has 0 aromatic carbocycles. The van der Waals surface area contributed by atoms with Crippen LogP contribution >= 0.6 is 0 Å². The minimum Gasteiger partial charge on any atom is -0.351 e. The molecule has 0 unspecified atom stereocenters. The van der Waals surface area contributed by atoms with Crippen LogP contribution in [0.3, 0.4) is 0 Å². The van der Waals surface area contributed by atoms with E-state index in [0.717, 1.165) is 38.9 Å². The van der Waals surface area contributed by atoms with Gasteiger partial charge in [-0.3, -0.25) is 4.79 Å². The van der Waals surface area contributed by atoms with Crippen LogP contribution in [-0.2, 0) is 0 Å². The molecule has 2 saturated heterocycles. The number of carbonyl (C=O) groups excluding carboxylic acids is 1. The van der Waals surface area contributed by atoms with E-state index in [0.29, 0.717) is 11.7 Å². The lowest BCUT2D eigenvalue weighted by molar-refractivity contribution is 0.0947. The van der Waals surface area contributed by atoms with Gasteiger partial charge in [0, 0.05) is 6.54 Å². The monoisotopic (exact) mass is 348 g/mol. The number of hydrogen-bond acceptors (Lipinski definition) is 5. The van der Waals surface area contributed by atoms with E-state index in [2.05, 4.69) is 25.8 Å². The van der Waals surface area contributed by atoms with Crippen LogP contribution < -0.4 is 10.6 Å². The van der Waals surface area contributed by atoms with Crippen molar-refractivity contribution in [3.63, 3.8) is 0 Å². The number of nitrogens with one attached hydrogen (secondary N) is 2. The van der Waals surface area contributed by atoms with Crippen molar-refractivity contribution in [2.45, 2.75) is 57.4 Å². The predicted molar refractivity (Wildman–Crippen MR) is 97.6 cm³/mol. The first-order valence-corrected chi connectivity index (χ1v) is 9.96. The molecule has 0 saturated carbocycles. The third kappa shape index (κ3) is 5.78. The second-order valence-corrected chi connectivity index (χ2v) is 7.28. The molecule has 2 aliphatic rings. The highest BCUT2D eigenvalue weighted by Crippen LogP contribution is 2.17. The van der Waals surface area contributed by atoms with E-state index < -0.39 is 0 Å². The quantitative estimate of drug-likeness (QED) is 0.698. The molecule has 2 fully saturated rings. The SMILES string of the molecule is O=C(NCCCCCN1CCCCC1)c1cn(C2CCNCC2)nn1. The number of aromatic nitrogens is 3. The van der Waals surface area contributed by atoms with Gasteiger partial charge in [0.2, 0.25) is 0 Å².